The topological polar surface area (TPSA) is 143 Å². The average molecular weight is 656 g/mol. The van der Waals surface area contributed by atoms with E-state index in [0.717, 1.165) is 17.7 Å². The first-order valence-corrected chi connectivity index (χ1v) is 14.6. The number of alkyl halides is 3. The Morgan fingerprint density at radius 2 is 1.65 bits per heavy atom. The van der Waals surface area contributed by atoms with Crippen molar-refractivity contribution >= 4 is 22.6 Å². The molecule has 0 saturated carbocycles. The number of azide groups is 1. The highest BCUT2D eigenvalue weighted by molar-refractivity contribution is 6.31. The number of hydrogen-bond acceptors (Lipinski definition) is 7. The second kappa shape index (κ2) is 15.0. The zero-order valence-corrected chi connectivity index (χ0v) is 25.1. The van der Waals surface area contributed by atoms with Crippen molar-refractivity contribution in [2.75, 3.05) is 39.6 Å². The van der Waals surface area contributed by atoms with Crippen LogP contribution < -0.4 is 4.74 Å². The molecule has 2 N–H and O–H groups in total. The third kappa shape index (κ3) is 8.29. The molecule has 0 aliphatic heterocycles. The maximum absolute atomic E-state index is 13.2. The Kier molecular flexibility index (Phi) is 10.7. The third-order valence-electron chi connectivity index (χ3n) is 6.93. The van der Waals surface area contributed by atoms with Crippen LogP contribution in [0, 0.1) is 0 Å². The van der Waals surface area contributed by atoms with Gasteiger partial charge in [0.15, 0.2) is 0 Å². The van der Waals surface area contributed by atoms with Crippen LogP contribution in [0.1, 0.15) is 16.7 Å². The first kappa shape index (κ1) is 32.6. The number of halogens is 4. The molecule has 240 valence electrons. The van der Waals surface area contributed by atoms with Gasteiger partial charge in [-0.25, -0.2) is 4.98 Å². The second-order valence-corrected chi connectivity index (χ2v) is 10.5. The predicted octanol–water partition coefficient (Wildman–Crippen LogP) is 7.30. The smallest absolute Gasteiger partial charge is 0.416 e. The van der Waals surface area contributed by atoms with E-state index in [4.69, 9.17) is 31.3 Å². The fourth-order valence-electron chi connectivity index (χ4n) is 4.65. The van der Waals surface area contributed by atoms with Crippen molar-refractivity contribution in [3.05, 3.63) is 98.9 Å². The SMILES string of the molecule is [N-]=[N+]=NCCOCCOCCOc1ccc(CCc2c(-c3ccc(C(F)(F)F)cc3)nn(-c3nc4cc(Cl)ccc4[nH]3)c2O)cc1. The molecule has 15 heteroatoms. The Bertz CT molecular complexity index is 1800. The molecule has 5 rings (SSSR count). The molecule has 0 unspecified atom stereocenters. The lowest BCUT2D eigenvalue weighted by Crippen LogP contribution is -2.11. The molecule has 5 aromatic rings. The number of aromatic amines is 1. The maximum atomic E-state index is 13.2. The van der Waals surface area contributed by atoms with Crippen LogP contribution >= 0.6 is 11.6 Å². The zero-order valence-electron chi connectivity index (χ0n) is 24.4. The fourth-order valence-corrected chi connectivity index (χ4v) is 4.81. The van der Waals surface area contributed by atoms with E-state index in [0.29, 0.717) is 84.5 Å². The lowest BCUT2D eigenvalue weighted by atomic mass is 10.00. The number of H-pyrrole nitrogens is 1. The summed E-state index contributed by atoms with van der Waals surface area (Å²) in [5.41, 5.74) is 10.8. The van der Waals surface area contributed by atoms with Gasteiger partial charge >= 0.3 is 6.18 Å². The molecule has 0 bridgehead atoms. The van der Waals surface area contributed by atoms with E-state index in [9.17, 15) is 18.3 Å². The van der Waals surface area contributed by atoms with E-state index in [1.807, 2.05) is 24.3 Å². The van der Waals surface area contributed by atoms with Crippen LogP contribution in [-0.4, -0.2) is 64.4 Å². The number of fused-ring (bicyclic) bond motifs is 1. The quantitative estimate of drug-likeness (QED) is 0.0524. The minimum absolute atomic E-state index is 0.180. The third-order valence-corrected chi connectivity index (χ3v) is 7.16. The van der Waals surface area contributed by atoms with Gasteiger partial charge in [0.05, 0.1) is 43.0 Å². The van der Waals surface area contributed by atoms with Crippen molar-refractivity contribution in [2.45, 2.75) is 19.0 Å². The minimum atomic E-state index is -4.48. The second-order valence-electron chi connectivity index (χ2n) is 10.0. The summed E-state index contributed by atoms with van der Waals surface area (Å²) in [5.74, 6) is 0.711. The number of aromatic nitrogens is 4. The number of benzene rings is 3. The van der Waals surface area contributed by atoms with Crippen LogP contribution in [-0.2, 0) is 28.5 Å². The van der Waals surface area contributed by atoms with Crippen molar-refractivity contribution < 1.29 is 32.5 Å². The van der Waals surface area contributed by atoms with Gasteiger partial charge in [0.25, 0.3) is 0 Å². The molecule has 0 saturated heterocycles. The molecule has 0 fully saturated rings. The number of nitrogens with one attached hydrogen (secondary N) is 1. The Balaban J connectivity index is 1.26. The Morgan fingerprint density at radius 3 is 2.37 bits per heavy atom. The molecule has 0 amide bonds. The summed E-state index contributed by atoms with van der Waals surface area (Å²) in [6.07, 6.45) is -3.63. The van der Waals surface area contributed by atoms with Crippen molar-refractivity contribution in [3.63, 3.8) is 0 Å². The van der Waals surface area contributed by atoms with Gasteiger partial charge in [-0.1, -0.05) is 41.0 Å². The lowest BCUT2D eigenvalue weighted by molar-refractivity contribution is -0.137. The maximum Gasteiger partial charge on any atom is 0.416 e. The molecule has 0 radical (unpaired) electrons. The number of imidazole rings is 1. The lowest BCUT2D eigenvalue weighted by Gasteiger charge is -2.09. The Hall–Kier alpha value is -4.75. The van der Waals surface area contributed by atoms with Crippen molar-refractivity contribution in [3.8, 4) is 28.8 Å². The summed E-state index contributed by atoms with van der Waals surface area (Å²) in [5, 5.41) is 19.7. The van der Waals surface area contributed by atoms with Gasteiger partial charge in [-0.05, 0) is 66.4 Å². The first-order valence-electron chi connectivity index (χ1n) is 14.2. The van der Waals surface area contributed by atoms with E-state index in [-0.39, 0.29) is 18.4 Å². The normalized spacial score (nSPS) is 11.6. The molecule has 2 heterocycles. The van der Waals surface area contributed by atoms with E-state index in [1.54, 1.807) is 18.2 Å². The van der Waals surface area contributed by atoms with Gasteiger partial charge in [-0.3, -0.25) is 0 Å². The molecule has 46 heavy (non-hydrogen) atoms. The molecule has 0 aliphatic carbocycles. The summed E-state index contributed by atoms with van der Waals surface area (Å²) in [6.45, 7) is 2.11. The molecular formula is C31H29ClF3N7O4. The van der Waals surface area contributed by atoms with Gasteiger partial charge in [0.2, 0.25) is 11.8 Å². The van der Waals surface area contributed by atoms with Crippen LogP contribution in [0.3, 0.4) is 0 Å². The van der Waals surface area contributed by atoms with Crippen molar-refractivity contribution in [1.82, 2.24) is 19.7 Å². The number of nitrogens with zero attached hydrogens (tertiary/aromatic N) is 6. The highest BCUT2D eigenvalue weighted by atomic mass is 35.5. The van der Waals surface area contributed by atoms with Gasteiger partial charge in [-0.15, -0.1) is 0 Å². The van der Waals surface area contributed by atoms with E-state index >= 15 is 0 Å². The molecule has 0 aliphatic rings. The molecule has 11 nitrogen and oxygen atoms in total. The average Bonchev–Trinajstić information content (AvgIpc) is 3.61. The van der Waals surface area contributed by atoms with Crippen LogP contribution in [0.2, 0.25) is 5.02 Å². The minimum Gasteiger partial charge on any atom is -0.493 e. The van der Waals surface area contributed by atoms with E-state index < -0.39 is 11.7 Å². The predicted molar refractivity (Wildman–Crippen MR) is 165 cm³/mol. The molecule has 3 aromatic carbocycles. The molecular weight excluding hydrogens is 627 g/mol. The summed E-state index contributed by atoms with van der Waals surface area (Å²) >= 11 is 6.10. The number of aryl methyl sites for hydroxylation is 1. The highest BCUT2D eigenvalue weighted by Crippen LogP contribution is 2.35. The zero-order chi connectivity index (χ0) is 32.5. The van der Waals surface area contributed by atoms with Gasteiger partial charge in [0, 0.05) is 27.6 Å². The number of hydrogen-bond donors (Lipinski definition) is 2. The number of rotatable bonds is 15. The van der Waals surface area contributed by atoms with Crippen LogP contribution in [0.5, 0.6) is 11.6 Å². The molecule has 2 aromatic heterocycles. The fraction of sp³-hybridized carbons (Fsp3) is 0.290. The summed E-state index contributed by atoms with van der Waals surface area (Å²) < 4.78 is 57.3. The van der Waals surface area contributed by atoms with Crippen molar-refractivity contribution in [2.24, 2.45) is 5.11 Å². The Morgan fingerprint density at radius 1 is 0.935 bits per heavy atom. The molecule has 0 spiro atoms. The van der Waals surface area contributed by atoms with Gasteiger partial charge < -0.3 is 24.3 Å². The van der Waals surface area contributed by atoms with Gasteiger partial charge in [0.1, 0.15) is 18.1 Å². The monoisotopic (exact) mass is 655 g/mol. The first-order chi connectivity index (χ1) is 22.2. The van der Waals surface area contributed by atoms with Gasteiger partial charge in [-0.2, -0.15) is 23.0 Å². The van der Waals surface area contributed by atoms with Crippen LogP contribution in [0.25, 0.3) is 38.7 Å². The summed E-state index contributed by atoms with van der Waals surface area (Å²) in [4.78, 5) is 10.2. The number of ether oxygens (including phenoxy) is 3. The number of aromatic hydroxyl groups is 1. The molecule has 0 atom stereocenters. The van der Waals surface area contributed by atoms with E-state index in [2.05, 4.69) is 25.1 Å². The summed E-state index contributed by atoms with van der Waals surface area (Å²) in [7, 11) is 0. The van der Waals surface area contributed by atoms with Crippen molar-refractivity contribution in [1.29, 1.82) is 0 Å². The summed E-state index contributed by atoms with van der Waals surface area (Å²) in [6, 6.07) is 17.2. The standard InChI is InChI=1S/C31H29ClF3N7O4/c32-23-8-12-26-27(19-23)39-30(38-26)42-29(43)25(28(40-42)21-4-6-22(7-5-21)31(33,34)35)11-3-20-1-9-24(10-2-20)46-18-17-45-16-15-44-14-13-37-41-36/h1-2,4-10,12,19,43H,3,11,13-18H2,(H,38,39). The largest absolute Gasteiger partial charge is 0.493 e. The van der Waals surface area contributed by atoms with Crippen LogP contribution in [0.4, 0.5) is 13.2 Å². The van der Waals surface area contributed by atoms with Crippen LogP contribution in [0.15, 0.2) is 71.8 Å². The van der Waals surface area contributed by atoms with E-state index in [1.165, 1.54) is 16.8 Å². The highest BCUT2D eigenvalue weighted by Gasteiger charge is 2.30. The Labute approximate surface area is 266 Å².